The van der Waals surface area contributed by atoms with Crippen LogP contribution in [0.25, 0.3) is 10.9 Å². The second kappa shape index (κ2) is 5.52. The molecule has 1 aromatic carbocycles. The van der Waals surface area contributed by atoms with E-state index >= 15 is 0 Å². The smallest absolute Gasteiger partial charge is 0.326 e. The van der Waals surface area contributed by atoms with E-state index in [1.165, 1.54) is 0 Å². The Balaban J connectivity index is 1.82. The van der Waals surface area contributed by atoms with Crippen molar-refractivity contribution in [2.45, 2.75) is 25.3 Å². The molecular weight excluding hydrogens is 336 g/mol. The average molecular weight is 351 g/mol. The number of rotatable bonds is 5. The molecule has 1 amide bonds. The lowest BCUT2D eigenvalue weighted by atomic mass is 10.1. The van der Waals surface area contributed by atoms with Crippen molar-refractivity contribution in [1.29, 1.82) is 0 Å². The third kappa shape index (κ3) is 2.95. The van der Waals surface area contributed by atoms with E-state index in [0.717, 1.165) is 23.7 Å². The van der Waals surface area contributed by atoms with Crippen molar-refractivity contribution in [1.82, 2.24) is 10.3 Å². The van der Waals surface area contributed by atoms with Crippen molar-refractivity contribution in [3.63, 3.8) is 0 Å². The number of hydrogen-bond donors (Lipinski definition) is 3. The third-order valence-corrected chi connectivity index (χ3v) is 4.56. The zero-order chi connectivity index (χ0) is 15.0. The minimum Gasteiger partial charge on any atom is -0.480 e. The molecular formula is C15H15BrN2O3. The van der Waals surface area contributed by atoms with E-state index in [2.05, 4.69) is 26.2 Å². The van der Waals surface area contributed by atoms with Crippen LogP contribution in [-0.4, -0.2) is 28.0 Å². The van der Waals surface area contributed by atoms with Gasteiger partial charge in [-0.3, -0.25) is 4.79 Å². The van der Waals surface area contributed by atoms with E-state index in [4.69, 9.17) is 0 Å². The van der Waals surface area contributed by atoms with Crippen LogP contribution in [0, 0.1) is 5.92 Å². The first-order chi connectivity index (χ1) is 10.1. The maximum absolute atomic E-state index is 12.3. The minimum atomic E-state index is -0.984. The van der Waals surface area contributed by atoms with Crippen LogP contribution in [0.15, 0.2) is 28.7 Å². The number of amides is 1. The van der Waals surface area contributed by atoms with Crippen LogP contribution in [0.2, 0.25) is 0 Å². The first kappa shape index (κ1) is 14.1. The monoisotopic (exact) mass is 350 g/mol. The highest BCUT2D eigenvalue weighted by atomic mass is 79.9. The van der Waals surface area contributed by atoms with Crippen molar-refractivity contribution < 1.29 is 14.7 Å². The second-order valence-electron chi connectivity index (χ2n) is 5.40. The highest BCUT2D eigenvalue weighted by Crippen LogP contribution is 2.34. The van der Waals surface area contributed by atoms with Crippen LogP contribution in [0.4, 0.5) is 0 Å². The number of hydrogen-bond acceptors (Lipinski definition) is 2. The zero-order valence-electron chi connectivity index (χ0n) is 11.2. The minimum absolute atomic E-state index is 0.359. The fourth-order valence-corrected chi connectivity index (χ4v) is 3.03. The molecule has 21 heavy (non-hydrogen) atoms. The summed E-state index contributed by atoms with van der Waals surface area (Å²) < 4.78 is 0.658. The standard InChI is InChI=1S/C15H15BrN2O3/c16-12-9-3-1-2-4-10(9)17-13(12)14(19)18-11(15(20)21)7-8-5-6-8/h1-4,8,11,17H,5-7H2,(H,18,19)(H,20,21). The van der Waals surface area contributed by atoms with Gasteiger partial charge in [0.15, 0.2) is 0 Å². The molecule has 0 saturated heterocycles. The van der Waals surface area contributed by atoms with Crippen molar-refractivity contribution in [3.8, 4) is 0 Å². The average Bonchev–Trinajstić information content (AvgIpc) is 3.21. The molecule has 1 aliphatic rings. The predicted octanol–water partition coefficient (Wildman–Crippen LogP) is 2.91. The van der Waals surface area contributed by atoms with Gasteiger partial charge in [0.25, 0.3) is 5.91 Å². The number of carbonyl (C=O) groups excluding carboxylic acids is 1. The second-order valence-corrected chi connectivity index (χ2v) is 6.20. The van der Waals surface area contributed by atoms with Gasteiger partial charge in [0.05, 0.1) is 4.47 Å². The number of halogens is 1. The number of fused-ring (bicyclic) bond motifs is 1. The van der Waals surface area contributed by atoms with Crippen molar-refractivity contribution in [2.75, 3.05) is 0 Å². The molecule has 3 N–H and O–H groups in total. The first-order valence-electron chi connectivity index (χ1n) is 6.86. The number of carboxylic acids is 1. The predicted molar refractivity (Wildman–Crippen MR) is 82.2 cm³/mol. The van der Waals surface area contributed by atoms with Gasteiger partial charge >= 0.3 is 5.97 Å². The molecule has 1 aliphatic carbocycles. The van der Waals surface area contributed by atoms with E-state index in [-0.39, 0.29) is 0 Å². The zero-order valence-corrected chi connectivity index (χ0v) is 12.8. The number of carbonyl (C=O) groups is 2. The van der Waals surface area contributed by atoms with Crippen LogP contribution in [0.3, 0.4) is 0 Å². The van der Waals surface area contributed by atoms with Gasteiger partial charge in [-0.2, -0.15) is 0 Å². The Bertz CT molecular complexity index is 706. The van der Waals surface area contributed by atoms with E-state index in [9.17, 15) is 14.7 Å². The molecule has 1 heterocycles. The van der Waals surface area contributed by atoms with Gasteiger partial charge in [0, 0.05) is 10.9 Å². The number of para-hydroxylation sites is 1. The summed E-state index contributed by atoms with van der Waals surface area (Å²) in [7, 11) is 0. The first-order valence-corrected chi connectivity index (χ1v) is 7.65. The number of aromatic nitrogens is 1. The van der Waals surface area contributed by atoms with E-state index in [0.29, 0.717) is 22.5 Å². The van der Waals surface area contributed by atoms with Crippen LogP contribution in [0.5, 0.6) is 0 Å². The molecule has 0 radical (unpaired) electrons. The molecule has 1 atom stereocenters. The Labute approximate surface area is 129 Å². The van der Waals surface area contributed by atoms with Gasteiger partial charge in [-0.05, 0) is 34.3 Å². The molecule has 1 unspecified atom stereocenters. The lowest BCUT2D eigenvalue weighted by Crippen LogP contribution is -2.41. The number of aromatic amines is 1. The molecule has 110 valence electrons. The van der Waals surface area contributed by atoms with Gasteiger partial charge in [-0.25, -0.2) is 4.79 Å². The molecule has 2 aromatic rings. The largest absolute Gasteiger partial charge is 0.480 e. The Hall–Kier alpha value is -1.82. The van der Waals surface area contributed by atoms with Crippen molar-refractivity contribution in [2.24, 2.45) is 5.92 Å². The number of aliphatic carboxylic acids is 1. The van der Waals surface area contributed by atoms with Gasteiger partial charge in [0.2, 0.25) is 0 Å². The number of nitrogens with one attached hydrogen (secondary N) is 2. The summed E-state index contributed by atoms with van der Waals surface area (Å²) in [6.45, 7) is 0. The molecule has 3 rings (SSSR count). The fraction of sp³-hybridized carbons (Fsp3) is 0.333. The fourth-order valence-electron chi connectivity index (χ4n) is 2.40. The highest BCUT2D eigenvalue weighted by molar-refractivity contribution is 9.10. The number of H-pyrrole nitrogens is 1. The quantitative estimate of drug-likeness (QED) is 0.775. The number of carboxylic acid groups (broad SMARTS) is 1. The summed E-state index contributed by atoms with van der Waals surface area (Å²) >= 11 is 3.40. The lowest BCUT2D eigenvalue weighted by molar-refractivity contribution is -0.139. The third-order valence-electron chi connectivity index (χ3n) is 3.74. The molecule has 0 spiro atoms. The van der Waals surface area contributed by atoms with Crippen LogP contribution in [-0.2, 0) is 4.79 Å². The van der Waals surface area contributed by atoms with Gasteiger partial charge in [-0.1, -0.05) is 31.0 Å². The maximum atomic E-state index is 12.3. The Morgan fingerprint density at radius 3 is 2.71 bits per heavy atom. The Morgan fingerprint density at radius 2 is 2.10 bits per heavy atom. The molecule has 1 saturated carbocycles. The summed E-state index contributed by atoms with van der Waals surface area (Å²) in [5.41, 5.74) is 1.20. The highest BCUT2D eigenvalue weighted by Gasteiger charge is 2.31. The van der Waals surface area contributed by atoms with Gasteiger partial charge in [0.1, 0.15) is 11.7 Å². The molecule has 5 nitrogen and oxygen atoms in total. The maximum Gasteiger partial charge on any atom is 0.326 e. The summed E-state index contributed by atoms with van der Waals surface area (Å²) in [6, 6.07) is 6.69. The summed E-state index contributed by atoms with van der Waals surface area (Å²) in [6.07, 6.45) is 2.60. The topological polar surface area (TPSA) is 82.2 Å². The summed E-state index contributed by atoms with van der Waals surface area (Å²) in [5.74, 6) is -0.953. The van der Waals surface area contributed by atoms with Crippen molar-refractivity contribution in [3.05, 3.63) is 34.4 Å². The molecule has 0 aliphatic heterocycles. The van der Waals surface area contributed by atoms with Gasteiger partial charge in [-0.15, -0.1) is 0 Å². The Kier molecular flexibility index (Phi) is 3.71. The van der Waals surface area contributed by atoms with E-state index in [1.54, 1.807) is 0 Å². The number of benzene rings is 1. The summed E-state index contributed by atoms with van der Waals surface area (Å²) in [5, 5.41) is 12.7. The van der Waals surface area contributed by atoms with Crippen molar-refractivity contribution >= 4 is 38.7 Å². The van der Waals surface area contributed by atoms with E-state index in [1.807, 2.05) is 24.3 Å². The molecule has 1 fully saturated rings. The SMILES string of the molecule is O=C(NC(CC1CC1)C(=O)O)c1[nH]c2ccccc2c1Br. The Morgan fingerprint density at radius 1 is 1.38 bits per heavy atom. The normalized spacial score (nSPS) is 15.9. The molecule has 6 heteroatoms. The van der Waals surface area contributed by atoms with Crippen LogP contribution < -0.4 is 5.32 Å². The molecule has 0 bridgehead atoms. The van der Waals surface area contributed by atoms with Crippen LogP contribution >= 0.6 is 15.9 Å². The van der Waals surface area contributed by atoms with Crippen LogP contribution in [0.1, 0.15) is 29.8 Å². The van der Waals surface area contributed by atoms with E-state index < -0.39 is 17.9 Å². The summed E-state index contributed by atoms with van der Waals surface area (Å²) in [4.78, 5) is 26.6. The lowest BCUT2D eigenvalue weighted by Gasteiger charge is -2.13. The van der Waals surface area contributed by atoms with Gasteiger partial charge < -0.3 is 15.4 Å². The molecule has 1 aromatic heterocycles.